The number of ketones is 1. The normalized spacial score (nSPS) is 16.5. The van der Waals surface area contributed by atoms with Gasteiger partial charge in [-0.2, -0.15) is 4.31 Å². The SMILES string of the molecule is C[C@H](OC(=O)c1cccc(S(=O)(=O)N2CCCCCC2)c1)C(=O)c1ccc(F)cc1. The molecule has 0 amide bonds. The van der Waals surface area contributed by atoms with E-state index < -0.39 is 33.7 Å². The maximum Gasteiger partial charge on any atom is 0.338 e. The molecule has 30 heavy (non-hydrogen) atoms. The summed E-state index contributed by atoms with van der Waals surface area (Å²) in [5.41, 5.74) is 0.263. The first-order valence-electron chi connectivity index (χ1n) is 9.90. The summed E-state index contributed by atoms with van der Waals surface area (Å²) in [6.07, 6.45) is 2.51. The van der Waals surface area contributed by atoms with Gasteiger partial charge in [-0.1, -0.05) is 18.9 Å². The Labute approximate surface area is 175 Å². The molecule has 3 rings (SSSR count). The summed E-state index contributed by atoms with van der Waals surface area (Å²) >= 11 is 0. The van der Waals surface area contributed by atoms with Crippen molar-refractivity contribution >= 4 is 21.8 Å². The van der Waals surface area contributed by atoms with E-state index >= 15 is 0 Å². The van der Waals surface area contributed by atoms with Crippen molar-refractivity contribution in [2.45, 2.75) is 43.6 Å². The fraction of sp³-hybridized carbons (Fsp3) is 0.364. The number of halogens is 1. The van der Waals surface area contributed by atoms with Gasteiger partial charge in [0.1, 0.15) is 5.82 Å². The zero-order valence-corrected chi connectivity index (χ0v) is 17.5. The summed E-state index contributed by atoms with van der Waals surface area (Å²) in [6.45, 7) is 2.34. The predicted molar refractivity (Wildman–Crippen MR) is 109 cm³/mol. The van der Waals surface area contributed by atoms with Gasteiger partial charge in [-0.3, -0.25) is 4.79 Å². The van der Waals surface area contributed by atoms with Crippen molar-refractivity contribution in [3.8, 4) is 0 Å². The lowest BCUT2D eigenvalue weighted by Gasteiger charge is -2.20. The second kappa shape index (κ2) is 9.49. The lowest BCUT2D eigenvalue weighted by molar-refractivity contribution is 0.0318. The number of rotatable bonds is 6. The molecular weight excluding hydrogens is 409 g/mol. The molecule has 1 aliphatic heterocycles. The number of benzene rings is 2. The topological polar surface area (TPSA) is 80.8 Å². The highest BCUT2D eigenvalue weighted by molar-refractivity contribution is 7.89. The van der Waals surface area contributed by atoms with Crippen molar-refractivity contribution < 1.29 is 27.1 Å². The van der Waals surface area contributed by atoms with Gasteiger partial charge in [-0.05, 0) is 62.2 Å². The number of sulfonamides is 1. The lowest BCUT2D eigenvalue weighted by atomic mass is 10.1. The second-order valence-electron chi connectivity index (χ2n) is 7.26. The maximum atomic E-state index is 13.0. The van der Waals surface area contributed by atoms with Crippen LogP contribution in [-0.4, -0.2) is 43.7 Å². The molecule has 6 nitrogen and oxygen atoms in total. The smallest absolute Gasteiger partial charge is 0.338 e. The van der Waals surface area contributed by atoms with Gasteiger partial charge in [0.05, 0.1) is 10.5 Å². The largest absolute Gasteiger partial charge is 0.451 e. The number of nitrogens with zero attached hydrogens (tertiary/aromatic N) is 1. The summed E-state index contributed by atoms with van der Waals surface area (Å²) < 4.78 is 45.6. The van der Waals surface area contributed by atoms with E-state index in [0.717, 1.165) is 37.8 Å². The first-order valence-corrected chi connectivity index (χ1v) is 11.3. The third kappa shape index (κ3) is 5.12. The van der Waals surface area contributed by atoms with Crippen LogP contribution in [0, 0.1) is 5.82 Å². The number of carbonyl (C=O) groups is 2. The Kier molecular flexibility index (Phi) is 6.99. The molecular formula is C22H24FNO5S. The first kappa shape index (κ1) is 22.1. The molecule has 0 aromatic heterocycles. The molecule has 1 saturated heterocycles. The number of carbonyl (C=O) groups excluding carboxylic acids is 2. The highest BCUT2D eigenvalue weighted by Crippen LogP contribution is 2.22. The molecule has 0 spiro atoms. The highest BCUT2D eigenvalue weighted by Gasteiger charge is 2.27. The minimum atomic E-state index is -3.71. The molecule has 0 bridgehead atoms. The van der Waals surface area contributed by atoms with Crippen molar-refractivity contribution in [2.24, 2.45) is 0 Å². The second-order valence-corrected chi connectivity index (χ2v) is 9.20. The summed E-state index contributed by atoms with van der Waals surface area (Å²) in [4.78, 5) is 24.9. The molecule has 0 N–H and O–H groups in total. The van der Waals surface area contributed by atoms with Crippen LogP contribution in [0.1, 0.15) is 53.3 Å². The minimum Gasteiger partial charge on any atom is -0.451 e. The average molecular weight is 434 g/mol. The number of Topliss-reactive ketones (excluding diaryl/α,β-unsaturated/α-hetero) is 1. The van der Waals surface area contributed by atoms with E-state index in [1.165, 1.54) is 47.6 Å². The molecule has 1 fully saturated rings. The average Bonchev–Trinajstić information content (AvgIpc) is 3.04. The molecule has 1 heterocycles. The zero-order chi connectivity index (χ0) is 21.7. The van der Waals surface area contributed by atoms with E-state index in [-0.39, 0.29) is 16.0 Å². The quantitative estimate of drug-likeness (QED) is 0.511. The zero-order valence-electron chi connectivity index (χ0n) is 16.7. The van der Waals surface area contributed by atoms with Gasteiger partial charge in [-0.25, -0.2) is 17.6 Å². The Morgan fingerprint density at radius 2 is 1.60 bits per heavy atom. The van der Waals surface area contributed by atoms with Crippen LogP contribution in [0.5, 0.6) is 0 Å². The van der Waals surface area contributed by atoms with Gasteiger partial charge < -0.3 is 4.74 Å². The maximum absolute atomic E-state index is 13.0. The predicted octanol–water partition coefficient (Wildman–Crippen LogP) is 3.82. The van der Waals surface area contributed by atoms with Gasteiger partial charge in [-0.15, -0.1) is 0 Å². The fourth-order valence-electron chi connectivity index (χ4n) is 3.35. The van der Waals surface area contributed by atoms with Crippen molar-refractivity contribution in [3.63, 3.8) is 0 Å². The highest BCUT2D eigenvalue weighted by atomic mass is 32.2. The number of esters is 1. The van der Waals surface area contributed by atoms with E-state index in [2.05, 4.69) is 0 Å². The third-order valence-corrected chi connectivity index (χ3v) is 6.95. The van der Waals surface area contributed by atoms with Gasteiger partial charge in [0.2, 0.25) is 15.8 Å². The van der Waals surface area contributed by atoms with Crippen LogP contribution in [0.2, 0.25) is 0 Å². The molecule has 8 heteroatoms. The van der Waals surface area contributed by atoms with Crippen molar-refractivity contribution in [2.75, 3.05) is 13.1 Å². The van der Waals surface area contributed by atoms with E-state index in [1.807, 2.05) is 0 Å². The van der Waals surface area contributed by atoms with Crippen LogP contribution in [0.4, 0.5) is 4.39 Å². The number of ether oxygens (including phenoxy) is 1. The minimum absolute atomic E-state index is 0.0244. The molecule has 1 atom stereocenters. The monoisotopic (exact) mass is 433 g/mol. The molecule has 0 saturated carbocycles. The van der Waals surface area contributed by atoms with Crippen molar-refractivity contribution in [1.82, 2.24) is 4.31 Å². The molecule has 0 aliphatic carbocycles. The van der Waals surface area contributed by atoms with E-state index in [0.29, 0.717) is 13.1 Å². The standard InChI is InChI=1S/C22H24FNO5S/c1-16(21(25)17-9-11-19(23)12-10-17)29-22(26)18-7-6-8-20(15-18)30(27,28)24-13-4-2-3-5-14-24/h6-12,15-16H,2-5,13-14H2,1H3/t16-/m0/s1. The van der Waals surface area contributed by atoms with Crippen LogP contribution in [0.25, 0.3) is 0 Å². The van der Waals surface area contributed by atoms with E-state index in [4.69, 9.17) is 4.74 Å². The van der Waals surface area contributed by atoms with Crippen LogP contribution in [0.15, 0.2) is 53.4 Å². The summed E-state index contributed by atoms with van der Waals surface area (Å²) in [7, 11) is -3.71. The molecule has 1 aliphatic rings. The Hall–Kier alpha value is -2.58. The van der Waals surface area contributed by atoms with Crippen LogP contribution in [0.3, 0.4) is 0 Å². The van der Waals surface area contributed by atoms with Crippen LogP contribution >= 0.6 is 0 Å². The van der Waals surface area contributed by atoms with E-state index in [1.54, 1.807) is 0 Å². The Morgan fingerprint density at radius 1 is 0.967 bits per heavy atom. The van der Waals surface area contributed by atoms with Crippen molar-refractivity contribution in [3.05, 3.63) is 65.5 Å². The molecule has 0 unspecified atom stereocenters. The Balaban J connectivity index is 1.74. The molecule has 160 valence electrons. The number of hydrogen-bond acceptors (Lipinski definition) is 5. The summed E-state index contributed by atoms with van der Waals surface area (Å²) in [5.74, 6) is -1.75. The van der Waals surface area contributed by atoms with Gasteiger partial charge in [0.25, 0.3) is 0 Å². The lowest BCUT2D eigenvalue weighted by Crippen LogP contribution is -2.32. The summed E-state index contributed by atoms with van der Waals surface area (Å²) in [6, 6.07) is 10.6. The Bertz CT molecular complexity index is 1010. The van der Waals surface area contributed by atoms with Crippen LogP contribution < -0.4 is 0 Å². The molecule has 2 aromatic carbocycles. The summed E-state index contributed by atoms with van der Waals surface area (Å²) in [5, 5.41) is 0. The van der Waals surface area contributed by atoms with Gasteiger partial charge >= 0.3 is 5.97 Å². The molecule has 2 aromatic rings. The third-order valence-electron chi connectivity index (χ3n) is 5.05. The molecule has 0 radical (unpaired) electrons. The van der Waals surface area contributed by atoms with Gasteiger partial charge in [0.15, 0.2) is 6.10 Å². The van der Waals surface area contributed by atoms with E-state index in [9.17, 15) is 22.4 Å². The first-order chi connectivity index (χ1) is 14.3. The Morgan fingerprint density at radius 3 is 2.23 bits per heavy atom. The van der Waals surface area contributed by atoms with Crippen molar-refractivity contribution in [1.29, 1.82) is 0 Å². The number of hydrogen-bond donors (Lipinski definition) is 0. The fourth-order valence-corrected chi connectivity index (χ4v) is 4.91. The van der Waals surface area contributed by atoms with Crippen LogP contribution in [-0.2, 0) is 14.8 Å². The van der Waals surface area contributed by atoms with Gasteiger partial charge in [0, 0.05) is 18.7 Å².